The molecule has 3 nitrogen and oxygen atoms in total. The van der Waals surface area contributed by atoms with Crippen molar-refractivity contribution in [3.8, 4) is 6.07 Å². The quantitative estimate of drug-likeness (QED) is 0.405. The van der Waals surface area contributed by atoms with Crippen LogP contribution in [0.15, 0.2) is 91.0 Å². The fourth-order valence-electron chi connectivity index (χ4n) is 3.58. The zero-order chi connectivity index (χ0) is 20.1. The number of rotatable bonds is 6. The van der Waals surface area contributed by atoms with Gasteiger partial charge in [-0.05, 0) is 42.2 Å². The molecule has 0 aliphatic heterocycles. The summed E-state index contributed by atoms with van der Waals surface area (Å²) in [6, 6.07) is 31.2. The zero-order valence-electron chi connectivity index (χ0n) is 16.0. The van der Waals surface area contributed by atoms with Gasteiger partial charge in [-0.1, -0.05) is 66.7 Å². The third kappa shape index (κ3) is 4.39. The first kappa shape index (κ1) is 18.6. The van der Waals surface area contributed by atoms with E-state index >= 15 is 0 Å². The van der Waals surface area contributed by atoms with E-state index in [1.807, 2.05) is 84.9 Å². The molecule has 3 heteroatoms. The van der Waals surface area contributed by atoms with Crippen LogP contribution in [0.25, 0.3) is 10.9 Å². The van der Waals surface area contributed by atoms with Crippen LogP contribution in [0, 0.1) is 11.3 Å². The minimum atomic E-state index is -0.0101. The highest BCUT2D eigenvalue weighted by Crippen LogP contribution is 2.27. The van der Waals surface area contributed by atoms with E-state index in [2.05, 4.69) is 12.1 Å². The van der Waals surface area contributed by atoms with Crippen molar-refractivity contribution in [2.45, 2.75) is 18.8 Å². The van der Waals surface area contributed by atoms with Crippen LogP contribution in [-0.2, 0) is 6.42 Å². The predicted molar refractivity (Wildman–Crippen MR) is 115 cm³/mol. The molecule has 4 rings (SSSR count). The lowest BCUT2D eigenvalue weighted by molar-refractivity contribution is 0.0973. The van der Waals surface area contributed by atoms with Crippen molar-refractivity contribution in [3.05, 3.63) is 113 Å². The molecule has 0 bridgehead atoms. The van der Waals surface area contributed by atoms with Crippen LogP contribution >= 0.6 is 0 Å². The molecule has 1 atom stereocenters. The normalized spacial score (nSPS) is 11.7. The maximum absolute atomic E-state index is 12.9. The number of benzene rings is 3. The summed E-state index contributed by atoms with van der Waals surface area (Å²) < 4.78 is 0. The lowest BCUT2D eigenvalue weighted by atomic mass is 9.87. The van der Waals surface area contributed by atoms with Crippen LogP contribution in [0.4, 0.5) is 0 Å². The van der Waals surface area contributed by atoms with Gasteiger partial charge in [-0.15, -0.1) is 0 Å². The first-order valence-electron chi connectivity index (χ1n) is 9.66. The average Bonchev–Trinajstić information content (AvgIpc) is 2.79. The fraction of sp³-hybridized carbons (Fsp3) is 0.115. The van der Waals surface area contributed by atoms with E-state index < -0.39 is 0 Å². The third-order valence-corrected chi connectivity index (χ3v) is 5.15. The Kier molecular flexibility index (Phi) is 5.45. The lowest BCUT2D eigenvalue weighted by Crippen LogP contribution is -2.11. The van der Waals surface area contributed by atoms with Crippen LogP contribution in [0.2, 0.25) is 0 Å². The highest BCUT2D eigenvalue weighted by Gasteiger charge is 2.19. The Labute approximate surface area is 170 Å². The van der Waals surface area contributed by atoms with Gasteiger partial charge in [-0.2, -0.15) is 5.26 Å². The largest absolute Gasteiger partial charge is 0.294 e. The van der Waals surface area contributed by atoms with Crippen molar-refractivity contribution < 1.29 is 4.79 Å². The van der Waals surface area contributed by atoms with Crippen molar-refractivity contribution in [1.82, 2.24) is 4.98 Å². The Morgan fingerprint density at radius 2 is 1.59 bits per heavy atom. The minimum absolute atomic E-state index is 0.0101. The topological polar surface area (TPSA) is 53.8 Å². The van der Waals surface area contributed by atoms with E-state index in [4.69, 9.17) is 10.2 Å². The Morgan fingerprint density at radius 1 is 0.862 bits per heavy atom. The number of fused-ring (bicyclic) bond motifs is 1. The molecule has 0 aliphatic rings. The van der Waals surface area contributed by atoms with E-state index in [0.717, 1.165) is 27.7 Å². The molecule has 0 fully saturated rings. The van der Waals surface area contributed by atoms with Crippen molar-refractivity contribution >= 4 is 16.7 Å². The molecular weight excluding hydrogens is 356 g/mol. The second-order valence-corrected chi connectivity index (χ2v) is 7.12. The fourth-order valence-corrected chi connectivity index (χ4v) is 3.58. The number of aromatic nitrogens is 1. The van der Waals surface area contributed by atoms with Crippen molar-refractivity contribution in [2.24, 2.45) is 0 Å². The number of nitriles is 1. The van der Waals surface area contributed by atoms with Crippen LogP contribution in [-0.4, -0.2) is 10.8 Å². The number of ketones is 1. The van der Waals surface area contributed by atoms with Crippen LogP contribution < -0.4 is 0 Å². The van der Waals surface area contributed by atoms with Crippen molar-refractivity contribution in [2.75, 3.05) is 0 Å². The van der Waals surface area contributed by atoms with Gasteiger partial charge in [0.15, 0.2) is 5.78 Å². The summed E-state index contributed by atoms with van der Waals surface area (Å²) in [5, 5.41) is 10.2. The zero-order valence-corrected chi connectivity index (χ0v) is 16.0. The molecule has 1 heterocycles. The van der Waals surface area contributed by atoms with Crippen LogP contribution in [0.3, 0.4) is 0 Å². The molecular formula is C26H20N2O. The molecule has 1 unspecified atom stereocenters. The van der Waals surface area contributed by atoms with Gasteiger partial charge in [0.1, 0.15) is 0 Å². The third-order valence-electron chi connectivity index (χ3n) is 5.15. The molecule has 1 aromatic heterocycles. The number of carbonyl (C=O) groups is 1. The number of pyridine rings is 1. The van der Waals surface area contributed by atoms with E-state index in [0.29, 0.717) is 18.4 Å². The maximum Gasteiger partial charge on any atom is 0.163 e. The number of carbonyl (C=O) groups excluding carboxylic acids is 1. The smallest absolute Gasteiger partial charge is 0.163 e. The standard InChI is InChI=1S/C26H20N2O/c27-18-19-10-12-20(13-11-19)23(17-26(29)22-7-2-1-3-8-22)16-24-15-14-21-6-4-5-9-25(21)28-24/h1-15,23H,16-17H2. The molecule has 29 heavy (non-hydrogen) atoms. The number of Topliss-reactive ketones (excluding diaryl/α,β-unsaturated/α-hetero) is 1. The van der Waals surface area contributed by atoms with E-state index in [9.17, 15) is 4.79 Å². The summed E-state index contributed by atoms with van der Waals surface area (Å²) in [5.74, 6) is 0.102. The van der Waals surface area contributed by atoms with Crippen LogP contribution in [0.1, 0.15) is 39.5 Å². The maximum atomic E-state index is 12.9. The summed E-state index contributed by atoms with van der Waals surface area (Å²) in [7, 11) is 0. The summed E-state index contributed by atoms with van der Waals surface area (Å²) in [6.45, 7) is 0. The first-order valence-corrected chi connectivity index (χ1v) is 9.66. The van der Waals surface area contributed by atoms with Gasteiger partial charge < -0.3 is 0 Å². The van der Waals surface area contributed by atoms with Crippen LogP contribution in [0.5, 0.6) is 0 Å². The molecule has 4 aromatic rings. The van der Waals surface area contributed by atoms with E-state index in [-0.39, 0.29) is 11.7 Å². The number of hydrogen-bond acceptors (Lipinski definition) is 3. The van der Waals surface area contributed by atoms with E-state index in [1.54, 1.807) is 0 Å². The summed E-state index contributed by atoms with van der Waals surface area (Å²) >= 11 is 0. The molecule has 0 spiro atoms. The average molecular weight is 376 g/mol. The molecule has 0 N–H and O–H groups in total. The van der Waals surface area contributed by atoms with Gasteiger partial charge in [0.05, 0.1) is 17.1 Å². The van der Waals surface area contributed by atoms with E-state index in [1.165, 1.54) is 0 Å². The molecule has 0 aliphatic carbocycles. The minimum Gasteiger partial charge on any atom is -0.294 e. The van der Waals surface area contributed by atoms with Gasteiger partial charge in [0, 0.05) is 23.1 Å². The first-order chi connectivity index (χ1) is 14.2. The number of nitrogens with zero attached hydrogens (tertiary/aromatic N) is 2. The number of para-hydroxylation sites is 1. The Morgan fingerprint density at radius 3 is 2.34 bits per heavy atom. The predicted octanol–water partition coefficient (Wildman–Crippen LogP) is 5.71. The highest BCUT2D eigenvalue weighted by atomic mass is 16.1. The van der Waals surface area contributed by atoms with Gasteiger partial charge >= 0.3 is 0 Å². The Balaban J connectivity index is 1.64. The molecule has 3 aromatic carbocycles. The summed E-state index contributed by atoms with van der Waals surface area (Å²) in [5.41, 5.74) is 4.29. The Hall–Kier alpha value is -3.77. The molecule has 0 saturated heterocycles. The molecule has 140 valence electrons. The molecule has 0 amide bonds. The highest BCUT2D eigenvalue weighted by molar-refractivity contribution is 5.96. The second kappa shape index (κ2) is 8.50. The summed E-state index contributed by atoms with van der Waals surface area (Å²) in [6.07, 6.45) is 1.06. The number of hydrogen-bond donors (Lipinski definition) is 0. The van der Waals surface area contributed by atoms with Gasteiger partial charge in [-0.3, -0.25) is 9.78 Å². The van der Waals surface area contributed by atoms with Gasteiger partial charge in [-0.25, -0.2) is 0 Å². The monoisotopic (exact) mass is 376 g/mol. The molecule has 0 saturated carbocycles. The SMILES string of the molecule is N#Cc1ccc(C(CC(=O)c2ccccc2)Cc2ccc3ccccc3n2)cc1. The Bertz CT molecular complexity index is 1170. The second-order valence-electron chi connectivity index (χ2n) is 7.12. The van der Waals surface area contributed by atoms with Gasteiger partial charge in [0.25, 0.3) is 0 Å². The van der Waals surface area contributed by atoms with Crippen molar-refractivity contribution in [3.63, 3.8) is 0 Å². The molecule has 0 radical (unpaired) electrons. The van der Waals surface area contributed by atoms with Crippen molar-refractivity contribution in [1.29, 1.82) is 5.26 Å². The lowest BCUT2D eigenvalue weighted by Gasteiger charge is -2.17. The summed E-state index contributed by atoms with van der Waals surface area (Å²) in [4.78, 5) is 17.7. The van der Waals surface area contributed by atoms with Gasteiger partial charge in [0.2, 0.25) is 0 Å².